The quantitative estimate of drug-likeness (QED) is 0.730. The summed E-state index contributed by atoms with van der Waals surface area (Å²) in [7, 11) is 0. The van der Waals surface area contributed by atoms with E-state index in [4.69, 9.17) is 0 Å². The standard InChI is InChI=1S/C21H30N4O2/c1-15(2)18-14-19(24-23-18)20(26)22-10-13-25-11-8-21(27,9-12-25)17-6-4-16(3)5-7-17/h4-7,14-15,27H,8-13H2,1-3H3,(H,22,26)(H,23,24). The number of benzene rings is 1. The van der Waals surface area contributed by atoms with E-state index in [1.54, 1.807) is 0 Å². The molecule has 0 atom stereocenters. The van der Waals surface area contributed by atoms with Gasteiger partial charge in [0.25, 0.3) is 5.91 Å². The Bertz CT molecular complexity index is 759. The van der Waals surface area contributed by atoms with Gasteiger partial charge in [0, 0.05) is 31.9 Å². The molecule has 0 radical (unpaired) electrons. The predicted octanol–water partition coefficient (Wildman–Crippen LogP) is 2.55. The summed E-state index contributed by atoms with van der Waals surface area (Å²) in [5, 5.41) is 20.9. The van der Waals surface area contributed by atoms with Crippen LogP contribution in [-0.4, -0.2) is 52.3 Å². The fourth-order valence-electron chi connectivity index (χ4n) is 3.47. The number of aliphatic hydroxyl groups is 1. The van der Waals surface area contributed by atoms with Crippen LogP contribution >= 0.6 is 0 Å². The van der Waals surface area contributed by atoms with E-state index in [1.807, 2.05) is 18.2 Å². The van der Waals surface area contributed by atoms with Crippen molar-refractivity contribution in [1.29, 1.82) is 0 Å². The molecule has 1 amide bonds. The number of aryl methyl sites for hydroxylation is 1. The number of carbonyl (C=O) groups is 1. The van der Waals surface area contributed by atoms with Gasteiger partial charge in [0.05, 0.1) is 5.60 Å². The third kappa shape index (κ3) is 4.76. The van der Waals surface area contributed by atoms with Crippen LogP contribution in [0.25, 0.3) is 0 Å². The second-order valence-corrected chi connectivity index (χ2v) is 7.86. The number of nitrogens with zero attached hydrogens (tertiary/aromatic N) is 2. The van der Waals surface area contributed by atoms with E-state index >= 15 is 0 Å². The van der Waals surface area contributed by atoms with Gasteiger partial charge in [-0.2, -0.15) is 5.10 Å². The number of aromatic amines is 1. The van der Waals surface area contributed by atoms with Gasteiger partial charge in [-0.1, -0.05) is 43.7 Å². The van der Waals surface area contributed by atoms with Crippen LogP contribution in [0.5, 0.6) is 0 Å². The van der Waals surface area contributed by atoms with E-state index in [-0.39, 0.29) is 5.91 Å². The Morgan fingerprint density at radius 3 is 2.56 bits per heavy atom. The van der Waals surface area contributed by atoms with Crippen LogP contribution in [0.1, 0.15) is 59.9 Å². The Kier molecular flexibility index (Phi) is 5.97. The van der Waals surface area contributed by atoms with Gasteiger partial charge < -0.3 is 15.3 Å². The van der Waals surface area contributed by atoms with Gasteiger partial charge in [0.2, 0.25) is 0 Å². The van der Waals surface area contributed by atoms with Crippen molar-refractivity contribution in [2.75, 3.05) is 26.2 Å². The minimum atomic E-state index is -0.740. The summed E-state index contributed by atoms with van der Waals surface area (Å²) in [4.78, 5) is 14.5. The molecule has 0 unspecified atom stereocenters. The van der Waals surface area contributed by atoms with E-state index in [0.29, 0.717) is 31.0 Å². The number of hydrogen-bond donors (Lipinski definition) is 3. The largest absolute Gasteiger partial charge is 0.385 e. The number of likely N-dealkylation sites (tertiary alicyclic amines) is 1. The lowest BCUT2D eigenvalue weighted by molar-refractivity contribution is -0.0255. The molecule has 1 aromatic carbocycles. The second kappa shape index (κ2) is 8.23. The van der Waals surface area contributed by atoms with Gasteiger partial charge >= 0.3 is 0 Å². The van der Waals surface area contributed by atoms with E-state index in [2.05, 4.69) is 53.3 Å². The second-order valence-electron chi connectivity index (χ2n) is 7.86. The van der Waals surface area contributed by atoms with Gasteiger partial charge in [-0.05, 0) is 37.3 Å². The molecule has 146 valence electrons. The van der Waals surface area contributed by atoms with Crippen molar-refractivity contribution < 1.29 is 9.90 Å². The topological polar surface area (TPSA) is 81.2 Å². The van der Waals surface area contributed by atoms with Gasteiger partial charge in [-0.15, -0.1) is 0 Å². The predicted molar refractivity (Wildman–Crippen MR) is 106 cm³/mol. The van der Waals surface area contributed by atoms with Crippen LogP contribution in [0.3, 0.4) is 0 Å². The maximum Gasteiger partial charge on any atom is 0.271 e. The summed E-state index contributed by atoms with van der Waals surface area (Å²) in [6.07, 6.45) is 1.42. The number of carbonyl (C=O) groups excluding carboxylic acids is 1. The molecule has 3 N–H and O–H groups in total. The number of nitrogens with one attached hydrogen (secondary N) is 2. The molecule has 27 heavy (non-hydrogen) atoms. The summed E-state index contributed by atoms with van der Waals surface area (Å²) in [6.45, 7) is 9.16. The lowest BCUT2D eigenvalue weighted by atomic mass is 9.84. The zero-order valence-electron chi connectivity index (χ0n) is 16.5. The Labute approximate surface area is 161 Å². The molecule has 0 bridgehead atoms. The van der Waals surface area contributed by atoms with Crippen molar-refractivity contribution in [2.45, 2.75) is 45.1 Å². The monoisotopic (exact) mass is 370 g/mol. The highest BCUT2D eigenvalue weighted by Crippen LogP contribution is 2.32. The number of rotatable bonds is 6. The highest BCUT2D eigenvalue weighted by Gasteiger charge is 2.33. The normalized spacial score (nSPS) is 17.2. The highest BCUT2D eigenvalue weighted by molar-refractivity contribution is 5.92. The summed E-state index contributed by atoms with van der Waals surface area (Å²) in [5.74, 6) is 0.172. The average molecular weight is 370 g/mol. The SMILES string of the molecule is Cc1ccc(C2(O)CCN(CCNC(=O)c3cc(C(C)C)[nH]n3)CC2)cc1. The van der Waals surface area contributed by atoms with E-state index in [1.165, 1.54) is 5.56 Å². The first kappa shape index (κ1) is 19.6. The first-order valence-electron chi connectivity index (χ1n) is 9.73. The van der Waals surface area contributed by atoms with Gasteiger partial charge in [-0.3, -0.25) is 9.89 Å². The first-order chi connectivity index (χ1) is 12.9. The zero-order valence-corrected chi connectivity index (χ0v) is 16.5. The first-order valence-corrected chi connectivity index (χ1v) is 9.73. The number of amides is 1. The summed E-state index contributed by atoms with van der Waals surface area (Å²) in [6, 6.07) is 9.97. The maximum atomic E-state index is 12.2. The van der Waals surface area contributed by atoms with Crippen LogP contribution in [0.4, 0.5) is 0 Å². The smallest absolute Gasteiger partial charge is 0.271 e. The highest BCUT2D eigenvalue weighted by atomic mass is 16.3. The van der Waals surface area contributed by atoms with Gasteiger partial charge in [0.15, 0.2) is 0 Å². The molecule has 1 aliphatic rings. The van der Waals surface area contributed by atoms with Crippen molar-refractivity contribution in [3.63, 3.8) is 0 Å². The van der Waals surface area contributed by atoms with Crippen molar-refractivity contribution in [2.24, 2.45) is 0 Å². The molecule has 6 heteroatoms. The fourth-order valence-corrected chi connectivity index (χ4v) is 3.47. The number of piperidine rings is 1. The van der Waals surface area contributed by atoms with E-state index in [0.717, 1.165) is 30.9 Å². The molecule has 0 spiro atoms. The molecule has 1 aromatic heterocycles. The van der Waals surface area contributed by atoms with Crippen LogP contribution in [0.15, 0.2) is 30.3 Å². The van der Waals surface area contributed by atoms with E-state index < -0.39 is 5.60 Å². The molecule has 3 rings (SSSR count). The minimum Gasteiger partial charge on any atom is -0.385 e. The Balaban J connectivity index is 1.44. The van der Waals surface area contributed by atoms with Crippen LogP contribution in [-0.2, 0) is 5.60 Å². The summed E-state index contributed by atoms with van der Waals surface area (Å²) >= 11 is 0. The molecular formula is C21H30N4O2. The van der Waals surface area contributed by atoms with E-state index in [9.17, 15) is 9.90 Å². The Morgan fingerprint density at radius 1 is 1.30 bits per heavy atom. The number of H-pyrrole nitrogens is 1. The van der Waals surface area contributed by atoms with Gasteiger partial charge in [0.1, 0.15) is 5.69 Å². The third-order valence-corrected chi connectivity index (χ3v) is 5.44. The van der Waals surface area contributed by atoms with Crippen molar-refractivity contribution in [3.05, 3.63) is 52.8 Å². The molecule has 6 nitrogen and oxygen atoms in total. The van der Waals surface area contributed by atoms with Crippen LogP contribution in [0, 0.1) is 6.92 Å². The Morgan fingerprint density at radius 2 is 1.96 bits per heavy atom. The molecule has 2 aromatic rings. The fraction of sp³-hybridized carbons (Fsp3) is 0.524. The summed E-state index contributed by atoms with van der Waals surface area (Å²) < 4.78 is 0. The lowest BCUT2D eigenvalue weighted by Gasteiger charge is -2.38. The maximum absolute atomic E-state index is 12.2. The van der Waals surface area contributed by atoms with Crippen molar-refractivity contribution >= 4 is 5.91 Å². The average Bonchev–Trinajstić information content (AvgIpc) is 3.14. The molecule has 1 saturated heterocycles. The Hall–Kier alpha value is -2.18. The third-order valence-electron chi connectivity index (χ3n) is 5.44. The zero-order chi connectivity index (χ0) is 19.4. The lowest BCUT2D eigenvalue weighted by Crippen LogP contribution is -2.45. The summed E-state index contributed by atoms with van der Waals surface area (Å²) in [5.41, 5.74) is 2.86. The minimum absolute atomic E-state index is 0.147. The molecule has 2 heterocycles. The van der Waals surface area contributed by atoms with Gasteiger partial charge in [-0.25, -0.2) is 0 Å². The van der Waals surface area contributed by atoms with Crippen molar-refractivity contribution in [1.82, 2.24) is 20.4 Å². The molecule has 0 aliphatic carbocycles. The number of aromatic nitrogens is 2. The molecule has 1 fully saturated rings. The molecule has 1 aliphatic heterocycles. The van der Waals surface area contributed by atoms with Crippen LogP contribution in [0.2, 0.25) is 0 Å². The molecule has 0 saturated carbocycles. The van der Waals surface area contributed by atoms with Crippen LogP contribution < -0.4 is 5.32 Å². The van der Waals surface area contributed by atoms with Crippen molar-refractivity contribution in [3.8, 4) is 0 Å². The molecular weight excluding hydrogens is 340 g/mol. The number of hydrogen-bond acceptors (Lipinski definition) is 4.